The van der Waals surface area contributed by atoms with E-state index in [9.17, 15) is 13.2 Å². The second-order valence-corrected chi connectivity index (χ2v) is 4.14. The van der Waals surface area contributed by atoms with Gasteiger partial charge in [0, 0.05) is 10.2 Å². The van der Waals surface area contributed by atoms with Crippen molar-refractivity contribution in [2.75, 3.05) is 5.32 Å². The summed E-state index contributed by atoms with van der Waals surface area (Å²) in [6, 6.07) is 3.44. The van der Waals surface area contributed by atoms with Crippen LogP contribution in [0.15, 0.2) is 22.7 Å². The lowest BCUT2D eigenvalue weighted by Crippen LogP contribution is -2.17. The number of halogens is 4. The van der Waals surface area contributed by atoms with E-state index in [0.29, 0.717) is 4.47 Å². The first-order chi connectivity index (χ1) is 7.34. The van der Waals surface area contributed by atoms with Crippen LogP contribution in [0.5, 0.6) is 0 Å². The lowest BCUT2D eigenvalue weighted by atomic mass is 10.1. The minimum absolute atomic E-state index is 0.0128. The molecule has 0 saturated heterocycles. The Kier molecular flexibility index (Phi) is 3.87. The summed E-state index contributed by atoms with van der Waals surface area (Å²) in [4.78, 5) is 0. The number of benzene rings is 1. The van der Waals surface area contributed by atoms with Crippen LogP contribution in [0.25, 0.3) is 0 Å². The molecular formula is C11H9BrF3N. The molecule has 86 valence electrons. The summed E-state index contributed by atoms with van der Waals surface area (Å²) in [7, 11) is 0. The first-order valence-corrected chi connectivity index (χ1v) is 5.23. The normalized spacial score (nSPS) is 13.0. The molecule has 0 amide bonds. The standard InChI is InChI=1S/C11H9BrF3N/c1-3-7(2)16-10-5-4-8(12)6-9(10)11(13,14)15/h1,4-7,16H,2H3. The van der Waals surface area contributed by atoms with Crippen molar-refractivity contribution < 1.29 is 13.2 Å². The van der Waals surface area contributed by atoms with Gasteiger partial charge < -0.3 is 5.32 Å². The number of anilines is 1. The van der Waals surface area contributed by atoms with Crippen molar-refractivity contribution in [2.24, 2.45) is 0 Å². The number of alkyl halides is 3. The molecular weight excluding hydrogens is 283 g/mol. The highest BCUT2D eigenvalue weighted by Crippen LogP contribution is 2.36. The third-order valence-electron chi connectivity index (χ3n) is 1.91. The van der Waals surface area contributed by atoms with Crippen molar-refractivity contribution >= 4 is 21.6 Å². The lowest BCUT2D eigenvalue weighted by Gasteiger charge is -2.16. The van der Waals surface area contributed by atoms with E-state index in [1.807, 2.05) is 0 Å². The van der Waals surface area contributed by atoms with Crippen LogP contribution >= 0.6 is 15.9 Å². The Morgan fingerprint density at radius 3 is 2.56 bits per heavy atom. The molecule has 0 aliphatic rings. The molecule has 0 aromatic heterocycles. The summed E-state index contributed by atoms with van der Waals surface area (Å²) < 4.78 is 38.4. The van der Waals surface area contributed by atoms with Crippen molar-refractivity contribution in [1.29, 1.82) is 0 Å². The van der Waals surface area contributed by atoms with E-state index in [0.717, 1.165) is 6.07 Å². The van der Waals surface area contributed by atoms with Crippen LogP contribution in [-0.4, -0.2) is 6.04 Å². The zero-order valence-electron chi connectivity index (χ0n) is 8.40. The third kappa shape index (κ3) is 3.17. The summed E-state index contributed by atoms with van der Waals surface area (Å²) >= 11 is 3.00. The highest BCUT2D eigenvalue weighted by Gasteiger charge is 2.33. The predicted octanol–water partition coefficient (Wildman–Crippen LogP) is 3.90. The second kappa shape index (κ2) is 4.79. The van der Waals surface area contributed by atoms with Crippen LogP contribution in [0.2, 0.25) is 0 Å². The summed E-state index contributed by atoms with van der Waals surface area (Å²) in [6.07, 6.45) is 0.704. The van der Waals surface area contributed by atoms with Gasteiger partial charge >= 0.3 is 6.18 Å². The number of hydrogen-bond acceptors (Lipinski definition) is 1. The largest absolute Gasteiger partial charge is 0.418 e. The fourth-order valence-corrected chi connectivity index (χ4v) is 1.51. The van der Waals surface area contributed by atoms with Gasteiger partial charge in [-0.15, -0.1) is 6.42 Å². The smallest absolute Gasteiger partial charge is 0.371 e. The van der Waals surface area contributed by atoms with Gasteiger partial charge in [0.15, 0.2) is 0 Å². The first-order valence-electron chi connectivity index (χ1n) is 4.44. The maximum atomic E-state index is 12.7. The third-order valence-corrected chi connectivity index (χ3v) is 2.40. The van der Waals surface area contributed by atoms with E-state index >= 15 is 0 Å². The van der Waals surface area contributed by atoms with Gasteiger partial charge in [-0.25, -0.2) is 0 Å². The van der Waals surface area contributed by atoms with Gasteiger partial charge in [-0.3, -0.25) is 0 Å². The van der Waals surface area contributed by atoms with Gasteiger partial charge in [0.05, 0.1) is 11.6 Å². The highest BCUT2D eigenvalue weighted by atomic mass is 79.9. The summed E-state index contributed by atoms with van der Waals surface area (Å²) in [6.45, 7) is 1.61. The van der Waals surface area contributed by atoms with E-state index in [1.54, 1.807) is 6.92 Å². The Morgan fingerprint density at radius 2 is 2.06 bits per heavy atom. The van der Waals surface area contributed by atoms with Crippen molar-refractivity contribution in [3.63, 3.8) is 0 Å². The average Bonchev–Trinajstić information content (AvgIpc) is 2.19. The molecule has 0 spiro atoms. The maximum Gasteiger partial charge on any atom is 0.418 e. The molecule has 0 aliphatic heterocycles. The zero-order valence-corrected chi connectivity index (χ0v) is 9.98. The summed E-state index contributed by atoms with van der Waals surface area (Å²) in [5.41, 5.74) is -0.745. The fraction of sp³-hybridized carbons (Fsp3) is 0.273. The molecule has 1 unspecified atom stereocenters. The number of nitrogens with one attached hydrogen (secondary N) is 1. The van der Waals surface area contributed by atoms with Crippen molar-refractivity contribution in [3.8, 4) is 12.3 Å². The number of hydrogen-bond donors (Lipinski definition) is 1. The molecule has 16 heavy (non-hydrogen) atoms. The first kappa shape index (κ1) is 12.9. The molecule has 0 bridgehead atoms. The van der Waals surface area contributed by atoms with Gasteiger partial charge in [0.25, 0.3) is 0 Å². The maximum absolute atomic E-state index is 12.7. The average molecular weight is 292 g/mol. The van der Waals surface area contributed by atoms with E-state index in [1.165, 1.54) is 12.1 Å². The summed E-state index contributed by atoms with van der Waals surface area (Å²) in [5, 5.41) is 2.62. The topological polar surface area (TPSA) is 12.0 Å². The van der Waals surface area contributed by atoms with Crippen LogP contribution in [-0.2, 0) is 6.18 Å². The monoisotopic (exact) mass is 291 g/mol. The fourth-order valence-electron chi connectivity index (χ4n) is 1.15. The molecule has 1 atom stereocenters. The van der Waals surface area contributed by atoms with Crippen molar-refractivity contribution in [3.05, 3.63) is 28.2 Å². The van der Waals surface area contributed by atoms with Crippen LogP contribution < -0.4 is 5.32 Å². The van der Waals surface area contributed by atoms with Crippen molar-refractivity contribution in [1.82, 2.24) is 0 Å². The van der Waals surface area contributed by atoms with Crippen LogP contribution in [0.1, 0.15) is 12.5 Å². The second-order valence-electron chi connectivity index (χ2n) is 3.22. The SMILES string of the molecule is C#CC(C)Nc1ccc(Br)cc1C(F)(F)F. The molecule has 1 nitrogen and oxygen atoms in total. The van der Waals surface area contributed by atoms with Gasteiger partial charge in [-0.1, -0.05) is 21.9 Å². The molecule has 5 heteroatoms. The minimum Gasteiger partial charge on any atom is -0.371 e. The Labute approximate surface area is 100 Å². The molecule has 1 aromatic rings. The van der Waals surface area contributed by atoms with Gasteiger partial charge in [0.2, 0.25) is 0 Å². The Balaban J connectivity index is 3.14. The van der Waals surface area contributed by atoms with Gasteiger partial charge in [-0.05, 0) is 25.1 Å². The molecule has 0 radical (unpaired) electrons. The van der Waals surface area contributed by atoms with Crippen LogP contribution in [0, 0.1) is 12.3 Å². The quantitative estimate of drug-likeness (QED) is 0.815. The number of terminal acetylenes is 1. The van der Waals surface area contributed by atoms with Crippen LogP contribution in [0.4, 0.5) is 18.9 Å². The molecule has 0 saturated carbocycles. The number of rotatable bonds is 2. The van der Waals surface area contributed by atoms with E-state index in [-0.39, 0.29) is 5.69 Å². The minimum atomic E-state index is -4.40. The molecule has 0 heterocycles. The van der Waals surface area contributed by atoms with Gasteiger partial charge in [0.1, 0.15) is 0 Å². The van der Waals surface area contributed by atoms with Crippen LogP contribution in [0.3, 0.4) is 0 Å². The van der Waals surface area contributed by atoms with Gasteiger partial charge in [-0.2, -0.15) is 13.2 Å². The highest BCUT2D eigenvalue weighted by molar-refractivity contribution is 9.10. The molecule has 1 rings (SSSR count). The Morgan fingerprint density at radius 1 is 1.44 bits per heavy atom. The van der Waals surface area contributed by atoms with E-state index in [4.69, 9.17) is 6.42 Å². The van der Waals surface area contributed by atoms with E-state index < -0.39 is 17.8 Å². The molecule has 1 N–H and O–H groups in total. The zero-order chi connectivity index (χ0) is 12.3. The summed E-state index contributed by atoms with van der Waals surface area (Å²) in [5.74, 6) is 2.32. The molecule has 1 aromatic carbocycles. The van der Waals surface area contributed by atoms with E-state index in [2.05, 4.69) is 27.2 Å². The molecule has 0 fully saturated rings. The Bertz CT molecular complexity index is 420. The van der Waals surface area contributed by atoms with Crippen molar-refractivity contribution in [2.45, 2.75) is 19.1 Å². The Hall–Kier alpha value is -1.15. The predicted molar refractivity (Wildman–Crippen MR) is 61.1 cm³/mol. The molecule has 0 aliphatic carbocycles. The lowest BCUT2D eigenvalue weighted by molar-refractivity contribution is -0.137.